The van der Waals surface area contributed by atoms with Gasteiger partial charge in [0.15, 0.2) is 5.84 Å². The molecule has 0 saturated heterocycles. The molecule has 0 spiro atoms. The Balaban J connectivity index is 2.98. The van der Waals surface area contributed by atoms with Crippen LogP contribution in [0.2, 0.25) is 0 Å². The molecule has 0 aromatic heterocycles. The predicted molar refractivity (Wildman–Crippen MR) is 71.7 cm³/mol. The van der Waals surface area contributed by atoms with E-state index in [9.17, 15) is 4.39 Å². The molecule has 0 heterocycles. The van der Waals surface area contributed by atoms with Gasteiger partial charge in [-0.15, -0.1) is 0 Å². The van der Waals surface area contributed by atoms with Crippen LogP contribution in [0, 0.1) is 5.82 Å². The summed E-state index contributed by atoms with van der Waals surface area (Å²) in [5, 5.41) is 11.4. The van der Waals surface area contributed by atoms with Crippen LogP contribution in [0.5, 0.6) is 0 Å². The second-order valence-corrected chi connectivity index (χ2v) is 4.40. The van der Waals surface area contributed by atoms with Crippen molar-refractivity contribution in [2.45, 2.75) is 32.7 Å². The molecule has 100 valence electrons. The highest BCUT2D eigenvalue weighted by Gasteiger charge is 2.14. The number of benzene rings is 1. The van der Waals surface area contributed by atoms with Gasteiger partial charge in [0.25, 0.3) is 0 Å². The first-order valence-corrected chi connectivity index (χ1v) is 6.01. The Kier molecular flexibility index (Phi) is 4.95. The summed E-state index contributed by atoms with van der Waals surface area (Å²) in [5.41, 5.74) is 6.31. The summed E-state index contributed by atoms with van der Waals surface area (Å²) in [7, 11) is 1.86. The lowest BCUT2D eigenvalue weighted by atomic mass is 10.1. The van der Waals surface area contributed by atoms with E-state index in [-0.39, 0.29) is 17.7 Å². The van der Waals surface area contributed by atoms with E-state index in [0.717, 1.165) is 12.8 Å². The van der Waals surface area contributed by atoms with Crippen molar-refractivity contribution < 1.29 is 9.60 Å². The lowest BCUT2D eigenvalue weighted by Gasteiger charge is -2.27. The SMILES string of the molecule is CCCC(C)N(C)c1ccc(/C(N)=N/O)cc1F. The van der Waals surface area contributed by atoms with Crippen molar-refractivity contribution in [3.8, 4) is 0 Å². The van der Waals surface area contributed by atoms with E-state index < -0.39 is 0 Å². The molecule has 4 nitrogen and oxygen atoms in total. The number of halogens is 1. The third kappa shape index (κ3) is 3.12. The summed E-state index contributed by atoms with van der Waals surface area (Å²) < 4.78 is 14.0. The van der Waals surface area contributed by atoms with Gasteiger partial charge in [0.05, 0.1) is 5.69 Å². The normalized spacial score (nSPS) is 13.4. The Morgan fingerprint density at radius 3 is 2.72 bits per heavy atom. The van der Waals surface area contributed by atoms with Gasteiger partial charge in [-0.05, 0) is 31.5 Å². The van der Waals surface area contributed by atoms with Gasteiger partial charge in [-0.1, -0.05) is 18.5 Å². The van der Waals surface area contributed by atoms with Crippen LogP contribution >= 0.6 is 0 Å². The number of nitrogens with zero attached hydrogens (tertiary/aromatic N) is 2. The molecule has 1 aromatic rings. The fourth-order valence-electron chi connectivity index (χ4n) is 1.86. The van der Waals surface area contributed by atoms with E-state index in [1.165, 1.54) is 6.07 Å². The van der Waals surface area contributed by atoms with Crippen molar-refractivity contribution in [3.63, 3.8) is 0 Å². The first kappa shape index (κ1) is 14.3. The Morgan fingerprint density at radius 2 is 2.22 bits per heavy atom. The molecule has 0 fully saturated rings. The van der Waals surface area contributed by atoms with Gasteiger partial charge in [-0.2, -0.15) is 0 Å². The Labute approximate surface area is 107 Å². The summed E-state index contributed by atoms with van der Waals surface area (Å²) >= 11 is 0. The number of anilines is 1. The minimum atomic E-state index is -0.371. The van der Waals surface area contributed by atoms with Gasteiger partial charge in [-0.3, -0.25) is 0 Å². The molecular formula is C13H20FN3O. The van der Waals surface area contributed by atoms with Crippen LogP contribution in [0.25, 0.3) is 0 Å². The van der Waals surface area contributed by atoms with Crippen LogP contribution in [-0.4, -0.2) is 24.1 Å². The standard InChI is InChI=1S/C13H20FN3O/c1-4-5-9(2)17(3)12-7-6-10(8-11(12)14)13(15)16-18/h6-9,18H,4-5H2,1-3H3,(H2,15,16). The Hall–Kier alpha value is -1.78. The average molecular weight is 253 g/mol. The van der Waals surface area contributed by atoms with Crippen molar-refractivity contribution in [2.24, 2.45) is 10.9 Å². The van der Waals surface area contributed by atoms with Gasteiger partial charge >= 0.3 is 0 Å². The molecule has 0 aliphatic heterocycles. The summed E-state index contributed by atoms with van der Waals surface area (Å²) in [6, 6.07) is 4.83. The van der Waals surface area contributed by atoms with Gasteiger partial charge < -0.3 is 15.8 Å². The molecule has 5 heteroatoms. The van der Waals surface area contributed by atoms with Crippen LogP contribution in [0.4, 0.5) is 10.1 Å². The topological polar surface area (TPSA) is 61.8 Å². The zero-order chi connectivity index (χ0) is 13.7. The number of hydrogen-bond acceptors (Lipinski definition) is 3. The number of rotatable bonds is 5. The molecule has 0 aliphatic carbocycles. The zero-order valence-corrected chi connectivity index (χ0v) is 11.0. The van der Waals surface area contributed by atoms with Crippen LogP contribution in [-0.2, 0) is 0 Å². The third-order valence-corrected chi connectivity index (χ3v) is 3.10. The van der Waals surface area contributed by atoms with Gasteiger partial charge in [0.1, 0.15) is 5.82 Å². The lowest BCUT2D eigenvalue weighted by molar-refractivity contribution is 0.318. The third-order valence-electron chi connectivity index (χ3n) is 3.10. The molecular weight excluding hydrogens is 233 g/mol. The fourth-order valence-corrected chi connectivity index (χ4v) is 1.86. The number of amidine groups is 1. The molecule has 0 amide bonds. The number of oxime groups is 1. The smallest absolute Gasteiger partial charge is 0.170 e. The molecule has 0 radical (unpaired) electrons. The second-order valence-electron chi connectivity index (χ2n) is 4.40. The van der Waals surface area contributed by atoms with Crippen LogP contribution < -0.4 is 10.6 Å². The number of hydrogen-bond donors (Lipinski definition) is 2. The maximum absolute atomic E-state index is 14.0. The molecule has 0 aliphatic rings. The van der Waals surface area contributed by atoms with Crippen molar-refractivity contribution in [1.29, 1.82) is 0 Å². The Bertz CT molecular complexity index is 434. The molecule has 1 rings (SSSR count). The van der Waals surface area contributed by atoms with E-state index in [0.29, 0.717) is 11.3 Å². The van der Waals surface area contributed by atoms with Crippen molar-refractivity contribution in [2.75, 3.05) is 11.9 Å². The highest BCUT2D eigenvalue weighted by atomic mass is 19.1. The Morgan fingerprint density at radius 1 is 1.56 bits per heavy atom. The molecule has 3 N–H and O–H groups in total. The molecule has 0 saturated carbocycles. The minimum Gasteiger partial charge on any atom is -0.409 e. The summed E-state index contributed by atoms with van der Waals surface area (Å²) in [5.74, 6) is -0.464. The highest BCUT2D eigenvalue weighted by molar-refractivity contribution is 5.97. The predicted octanol–water partition coefficient (Wildman–Crippen LogP) is 2.54. The maximum Gasteiger partial charge on any atom is 0.170 e. The summed E-state index contributed by atoms with van der Waals surface area (Å²) in [6.45, 7) is 4.16. The minimum absolute atomic E-state index is 0.0929. The molecule has 1 unspecified atom stereocenters. The molecule has 1 aromatic carbocycles. The van der Waals surface area contributed by atoms with Gasteiger partial charge in [0, 0.05) is 18.7 Å². The van der Waals surface area contributed by atoms with Crippen molar-refractivity contribution in [3.05, 3.63) is 29.6 Å². The quantitative estimate of drug-likeness (QED) is 0.367. The highest BCUT2D eigenvalue weighted by Crippen LogP contribution is 2.22. The van der Waals surface area contributed by atoms with Crippen LogP contribution in [0.3, 0.4) is 0 Å². The van der Waals surface area contributed by atoms with E-state index >= 15 is 0 Å². The van der Waals surface area contributed by atoms with E-state index in [1.54, 1.807) is 12.1 Å². The van der Waals surface area contributed by atoms with Crippen molar-refractivity contribution >= 4 is 11.5 Å². The molecule has 1 atom stereocenters. The van der Waals surface area contributed by atoms with E-state index in [2.05, 4.69) is 19.0 Å². The summed E-state index contributed by atoms with van der Waals surface area (Å²) in [6.07, 6.45) is 2.05. The van der Waals surface area contributed by atoms with E-state index in [4.69, 9.17) is 10.9 Å². The largest absolute Gasteiger partial charge is 0.409 e. The van der Waals surface area contributed by atoms with Crippen LogP contribution in [0.15, 0.2) is 23.4 Å². The molecule has 0 bridgehead atoms. The monoisotopic (exact) mass is 253 g/mol. The summed E-state index contributed by atoms with van der Waals surface area (Å²) in [4.78, 5) is 1.90. The van der Waals surface area contributed by atoms with Crippen molar-refractivity contribution in [1.82, 2.24) is 0 Å². The molecule has 18 heavy (non-hydrogen) atoms. The second kappa shape index (κ2) is 6.23. The van der Waals surface area contributed by atoms with Gasteiger partial charge in [0.2, 0.25) is 0 Å². The average Bonchev–Trinajstić information content (AvgIpc) is 2.37. The first-order chi connectivity index (χ1) is 8.51. The maximum atomic E-state index is 14.0. The first-order valence-electron chi connectivity index (χ1n) is 6.01. The number of nitrogens with two attached hydrogens (primary N) is 1. The zero-order valence-electron chi connectivity index (χ0n) is 11.0. The fraction of sp³-hybridized carbons (Fsp3) is 0.462. The lowest BCUT2D eigenvalue weighted by Crippen LogP contribution is -2.29. The van der Waals surface area contributed by atoms with E-state index in [1.807, 2.05) is 11.9 Å². The van der Waals surface area contributed by atoms with Crippen LogP contribution in [0.1, 0.15) is 32.3 Å². The van der Waals surface area contributed by atoms with Gasteiger partial charge in [-0.25, -0.2) is 4.39 Å².